The van der Waals surface area contributed by atoms with Crippen molar-refractivity contribution in [2.75, 3.05) is 11.1 Å². The molecule has 2 aromatic rings. The molecule has 1 atom stereocenters. The second-order valence-electron chi connectivity index (χ2n) is 5.40. The Balaban J connectivity index is 1.82. The van der Waals surface area contributed by atoms with Crippen LogP contribution in [0.5, 0.6) is 0 Å². The lowest BCUT2D eigenvalue weighted by atomic mass is 9.84. The summed E-state index contributed by atoms with van der Waals surface area (Å²) in [6, 6.07) is 2.51. The van der Waals surface area contributed by atoms with Crippen LogP contribution in [0.15, 0.2) is 11.4 Å². The van der Waals surface area contributed by atoms with E-state index in [0.717, 1.165) is 22.0 Å². The fraction of sp³-hybridized carbons (Fsp3) is 0.571. The summed E-state index contributed by atoms with van der Waals surface area (Å²) in [5.41, 5.74) is 5.78. The first-order valence-corrected chi connectivity index (χ1v) is 7.89. The molecule has 0 aromatic carbocycles. The summed E-state index contributed by atoms with van der Waals surface area (Å²) in [4.78, 5) is 9.60. The van der Waals surface area contributed by atoms with E-state index in [9.17, 15) is 0 Å². The van der Waals surface area contributed by atoms with E-state index in [1.807, 2.05) is 5.38 Å². The zero-order chi connectivity index (χ0) is 13.2. The molecule has 2 heterocycles. The highest BCUT2D eigenvalue weighted by molar-refractivity contribution is 7.16. The monoisotopic (exact) mass is 276 g/mol. The third kappa shape index (κ3) is 2.66. The van der Waals surface area contributed by atoms with Crippen molar-refractivity contribution in [1.29, 1.82) is 0 Å². The predicted molar refractivity (Wildman–Crippen MR) is 81.5 cm³/mol. The molecule has 19 heavy (non-hydrogen) atoms. The molecule has 4 nitrogen and oxygen atoms in total. The Kier molecular flexibility index (Phi) is 3.55. The van der Waals surface area contributed by atoms with Crippen molar-refractivity contribution in [2.24, 2.45) is 5.92 Å². The fourth-order valence-electron chi connectivity index (χ4n) is 2.95. The standard InChI is InChI=1S/C14H20N4S/c1-9(10-5-3-2-4-6-10)16-12-11-7-8-19-13(11)18-14(15)17-12/h7-10H,2-6H2,1H3,(H3,15,16,17,18). The molecule has 0 bridgehead atoms. The van der Waals surface area contributed by atoms with E-state index in [0.29, 0.717) is 12.0 Å². The highest BCUT2D eigenvalue weighted by Crippen LogP contribution is 2.30. The molecule has 0 aliphatic heterocycles. The van der Waals surface area contributed by atoms with Crippen molar-refractivity contribution >= 4 is 33.3 Å². The zero-order valence-electron chi connectivity index (χ0n) is 11.2. The van der Waals surface area contributed by atoms with Crippen LogP contribution >= 0.6 is 11.3 Å². The van der Waals surface area contributed by atoms with Gasteiger partial charge in [-0.15, -0.1) is 11.3 Å². The summed E-state index contributed by atoms with van der Waals surface area (Å²) < 4.78 is 0. The van der Waals surface area contributed by atoms with E-state index in [1.165, 1.54) is 32.1 Å². The third-order valence-corrected chi connectivity index (χ3v) is 4.87. The first kappa shape index (κ1) is 12.7. The molecule has 1 saturated carbocycles. The minimum Gasteiger partial charge on any atom is -0.368 e. The molecule has 0 amide bonds. The van der Waals surface area contributed by atoms with E-state index in [1.54, 1.807) is 11.3 Å². The Bertz CT molecular complexity index is 560. The number of nitrogens with one attached hydrogen (secondary N) is 1. The molecule has 102 valence electrons. The van der Waals surface area contributed by atoms with Crippen LogP contribution in [0.4, 0.5) is 11.8 Å². The molecule has 5 heteroatoms. The summed E-state index contributed by atoms with van der Waals surface area (Å²) in [5, 5.41) is 6.68. The van der Waals surface area contributed by atoms with Gasteiger partial charge in [0.15, 0.2) is 0 Å². The zero-order valence-corrected chi connectivity index (χ0v) is 12.0. The van der Waals surface area contributed by atoms with Gasteiger partial charge in [0.25, 0.3) is 0 Å². The first-order chi connectivity index (χ1) is 9.24. The Morgan fingerprint density at radius 2 is 2.11 bits per heavy atom. The number of hydrogen-bond acceptors (Lipinski definition) is 5. The molecule has 0 saturated heterocycles. The number of nitrogens with two attached hydrogens (primary N) is 1. The Labute approximate surface area is 117 Å². The number of aromatic nitrogens is 2. The van der Waals surface area contributed by atoms with Crippen LogP contribution in [0, 0.1) is 5.92 Å². The second-order valence-corrected chi connectivity index (χ2v) is 6.30. The average molecular weight is 276 g/mol. The Morgan fingerprint density at radius 1 is 1.32 bits per heavy atom. The molecule has 1 aliphatic carbocycles. The molecule has 3 N–H and O–H groups in total. The van der Waals surface area contributed by atoms with Gasteiger partial charge in [-0.25, -0.2) is 4.98 Å². The van der Waals surface area contributed by atoms with Gasteiger partial charge >= 0.3 is 0 Å². The molecule has 0 radical (unpaired) electrons. The highest BCUT2D eigenvalue weighted by atomic mass is 32.1. The van der Waals surface area contributed by atoms with Gasteiger partial charge in [-0.3, -0.25) is 0 Å². The average Bonchev–Trinajstić information content (AvgIpc) is 2.88. The lowest BCUT2D eigenvalue weighted by Crippen LogP contribution is -2.28. The summed E-state index contributed by atoms with van der Waals surface area (Å²) in [7, 11) is 0. The summed E-state index contributed by atoms with van der Waals surface area (Å²) >= 11 is 1.61. The van der Waals surface area contributed by atoms with Crippen molar-refractivity contribution in [2.45, 2.75) is 45.1 Å². The second kappa shape index (κ2) is 5.33. The number of fused-ring (bicyclic) bond motifs is 1. The maximum absolute atomic E-state index is 5.78. The molecule has 1 unspecified atom stereocenters. The number of nitrogen functional groups attached to an aromatic ring is 1. The van der Waals surface area contributed by atoms with Crippen LogP contribution in [-0.4, -0.2) is 16.0 Å². The van der Waals surface area contributed by atoms with Crippen molar-refractivity contribution in [3.05, 3.63) is 11.4 Å². The van der Waals surface area contributed by atoms with Crippen molar-refractivity contribution < 1.29 is 0 Å². The van der Waals surface area contributed by atoms with Gasteiger partial charge in [0.05, 0.1) is 5.39 Å². The Hall–Kier alpha value is -1.36. The molecule has 1 aliphatic rings. The summed E-state index contributed by atoms with van der Waals surface area (Å²) in [6.45, 7) is 2.26. The first-order valence-electron chi connectivity index (χ1n) is 7.01. The van der Waals surface area contributed by atoms with E-state index in [-0.39, 0.29) is 0 Å². The molecule has 3 rings (SSSR count). The van der Waals surface area contributed by atoms with Gasteiger partial charge in [0.2, 0.25) is 5.95 Å². The largest absolute Gasteiger partial charge is 0.368 e. The molecule has 0 spiro atoms. The van der Waals surface area contributed by atoms with Gasteiger partial charge in [0, 0.05) is 6.04 Å². The topological polar surface area (TPSA) is 63.8 Å². The predicted octanol–water partition coefficient (Wildman–Crippen LogP) is 3.65. The van der Waals surface area contributed by atoms with Crippen LogP contribution in [0.2, 0.25) is 0 Å². The number of hydrogen-bond donors (Lipinski definition) is 2. The van der Waals surface area contributed by atoms with Gasteiger partial charge in [0.1, 0.15) is 10.6 Å². The smallest absolute Gasteiger partial charge is 0.223 e. The van der Waals surface area contributed by atoms with E-state index in [4.69, 9.17) is 5.73 Å². The highest BCUT2D eigenvalue weighted by Gasteiger charge is 2.21. The van der Waals surface area contributed by atoms with Crippen molar-refractivity contribution in [3.63, 3.8) is 0 Å². The van der Waals surface area contributed by atoms with Crippen molar-refractivity contribution in [1.82, 2.24) is 9.97 Å². The Morgan fingerprint density at radius 3 is 2.89 bits per heavy atom. The molecule has 1 fully saturated rings. The minimum atomic E-state index is 0.355. The van der Waals surface area contributed by atoms with E-state index in [2.05, 4.69) is 28.3 Å². The fourth-order valence-corrected chi connectivity index (χ4v) is 3.72. The van der Waals surface area contributed by atoms with E-state index >= 15 is 0 Å². The van der Waals surface area contributed by atoms with E-state index < -0.39 is 0 Å². The number of nitrogens with zero attached hydrogens (tertiary/aromatic N) is 2. The molecular weight excluding hydrogens is 256 g/mol. The lowest BCUT2D eigenvalue weighted by molar-refractivity contribution is 0.328. The quantitative estimate of drug-likeness (QED) is 0.898. The maximum Gasteiger partial charge on any atom is 0.223 e. The SMILES string of the molecule is CC(Nc1nc(N)nc2sccc12)C1CCCCC1. The summed E-state index contributed by atoms with van der Waals surface area (Å²) in [6.07, 6.45) is 6.74. The van der Waals surface area contributed by atoms with Gasteiger partial charge < -0.3 is 11.1 Å². The van der Waals surface area contributed by atoms with Gasteiger partial charge in [-0.1, -0.05) is 19.3 Å². The van der Waals surface area contributed by atoms with Crippen molar-refractivity contribution in [3.8, 4) is 0 Å². The summed E-state index contributed by atoms with van der Waals surface area (Å²) in [5.74, 6) is 1.99. The number of anilines is 2. The minimum absolute atomic E-state index is 0.355. The van der Waals surface area contributed by atoms with Gasteiger partial charge in [-0.2, -0.15) is 4.98 Å². The third-order valence-electron chi connectivity index (χ3n) is 4.06. The normalized spacial score (nSPS) is 18.6. The molecule has 2 aromatic heterocycles. The van der Waals surface area contributed by atoms with Crippen LogP contribution < -0.4 is 11.1 Å². The van der Waals surface area contributed by atoms with Crippen LogP contribution in [0.25, 0.3) is 10.2 Å². The van der Waals surface area contributed by atoms with Crippen LogP contribution in [0.1, 0.15) is 39.0 Å². The number of thiophene rings is 1. The lowest BCUT2D eigenvalue weighted by Gasteiger charge is -2.28. The number of rotatable bonds is 3. The molecular formula is C14H20N4S. The van der Waals surface area contributed by atoms with Crippen LogP contribution in [0.3, 0.4) is 0 Å². The van der Waals surface area contributed by atoms with Gasteiger partial charge in [-0.05, 0) is 37.1 Å². The maximum atomic E-state index is 5.78. The van der Waals surface area contributed by atoms with Crippen LogP contribution in [-0.2, 0) is 0 Å².